The second kappa shape index (κ2) is 8.14. The van der Waals surface area contributed by atoms with Crippen LogP contribution in [0.25, 0.3) is 11.0 Å². The van der Waals surface area contributed by atoms with Crippen LogP contribution in [-0.2, 0) is 0 Å². The Labute approximate surface area is 189 Å². The van der Waals surface area contributed by atoms with Crippen molar-refractivity contribution in [3.8, 4) is 17.2 Å². The van der Waals surface area contributed by atoms with Gasteiger partial charge in [0.05, 0.1) is 26.9 Å². The molecule has 0 saturated heterocycles. The van der Waals surface area contributed by atoms with Gasteiger partial charge >= 0.3 is 5.63 Å². The Morgan fingerprint density at radius 1 is 1.16 bits per heavy atom. The van der Waals surface area contributed by atoms with E-state index >= 15 is 0 Å². The molecule has 32 heavy (non-hydrogen) atoms. The first-order valence-corrected chi connectivity index (χ1v) is 11.3. The van der Waals surface area contributed by atoms with E-state index in [1.807, 2.05) is 0 Å². The Morgan fingerprint density at radius 2 is 1.91 bits per heavy atom. The summed E-state index contributed by atoms with van der Waals surface area (Å²) in [5, 5.41) is 11.4. The van der Waals surface area contributed by atoms with E-state index in [1.54, 1.807) is 19.2 Å². The van der Waals surface area contributed by atoms with Crippen LogP contribution in [0.4, 0.5) is 0 Å². The fraction of sp³-hybridized carbons (Fsp3) is 0.577. The predicted octanol–water partition coefficient (Wildman–Crippen LogP) is 4.96. The molecule has 0 aliphatic heterocycles. The van der Waals surface area contributed by atoms with Gasteiger partial charge in [0.2, 0.25) is 11.5 Å². The highest BCUT2D eigenvalue weighted by Gasteiger charge is 2.56. The molecule has 1 heterocycles. The number of benzene rings is 1. The van der Waals surface area contributed by atoms with Crippen molar-refractivity contribution < 1.29 is 23.7 Å². The van der Waals surface area contributed by atoms with E-state index < -0.39 is 5.63 Å². The molecule has 1 N–H and O–H groups in total. The molecule has 2 aliphatic carbocycles. The number of rotatable bonds is 5. The van der Waals surface area contributed by atoms with Crippen LogP contribution in [0.2, 0.25) is 0 Å². The minimum atomic E-state index is -0.453. The third-order valence-electron chi connectivity index (χ3n) is 8.16. The van der Waals surface area contributed by atoms with Crippen molar-refractivity contribution in [3.05, 3.63) is 40.8 Å². The molecule has 4 atom stereocenters. The normalized spacial score (nSPS) is 29.4. The van der Waals surface area contributed by atoms with Crippen LogP contribution in [0, 0.1) is 22.7 Å². The molecule has 1 aromatic heterocycles. The molecule has 0 unspecified atom stereocenters. The summed E-state index contributed by atoms with van der Waals surface area (Å²) in [6, 6.07) is 4.84. The van der Waals surface area contributed by atoms with Gasteiger partial charge < -0.3 is 23.7 Å². The van der Waals surface area contributed by atoms with Gasteiger partial charge in [-0.1, -0.05) is 32.9 Å². The molecule has 1 aromatic carbocycles. The van der Waals surface area contributed by atoms with Crippen molar-refractivity contribution in [1.82, 2.24) is 0 Å². The van der Waals surface area contributed by atoms with Gasteiger partial charge in [0.15, 0.2) is 11.3 Å². The second-order valence-electron chi connectivity index (χ2n) is 10.1. The minimum Gasteiger partial charge on any atom is -0.493 e. The number of hydrogen-bond donors (Lipinski definition) is 1. The van der Waals surface area contributed by atoms with Gasteiger partial charge in [-0.2, -0.15) is 0 Å². The molecule has 2 aliphatic rings. The third kappa shape index (κ3) is 3.49. The number of aliphatic hydroxyl groups is 1. The van der Waals surface area contributed by atoms with Crippen LogP contribution in [0.1, 0.15) is 46.5 Å². The highest BCUT2D eigenvalue weighted by molar-refractivity contribution is 5.88. The quantitative estimate of drug-likeness (QED) is 0.521. The number of ether oxygens (including phenoxy) is 3. The zero-order valence-electron chi connectivity index (χ0n) is 19.7. The fourth-order valence-electron chi connectivity index (χ4n) is 6.25. The van der Waals surface area contributed by atoms with Gasteiger partial charge in [0.1, 0.15) is 0 Å². The molecule has 174 valence electrons. The fourth-order valence-corrected chi connectivity index (χ4v) is 6.25. The molecule has 2 aromatic rings. The highest BCUT2D eigenvalue weighted by atomic mass is 16.5. The smallest absolute Gasteiger partial charge is 0.336 e. The summed E-state index contributed by atoms with van der Waals surface area (Å²) in [5.41, 5.74) is 0.881. The molecule has 6 nitrogen and oxygen atoms in total. The molecule has 2 saturated carbocycles. The molecule has 0 radical (unpaired) electrons. The average Bonchev–Trinajstić information content (AvgIpc) is 2.75. The lowest BCUT2D eigenvalue weighted by molar-refractivity contribution is -0.128. The minimum absolute atomic E-state index is 0.0258. The van der Waals surface area contributed by atoms with Crippen molar-refractivity contribution in [2.75, 3.05) is 20.8 Å². The van der Waals surface area contributed by atoms with E-state index in [2.05, 4.69) is 27.4 Å². The van der Waals surface area contributed by atoms with E-state index in [4.69, 9.17) is 18.6 Å². The van der Waals surface area contributed by atoms with Crippen LogP contribution in [0.15, 0.2) is 39.6 Å². The lowest BCUT2D eigenvalue weighted by atomic mass is 9.47. The zero-order valence-corrected chi connectivity index (χ0v) is 19.7. The number of hydrogen-bond acceptors (Lipinski definition) is 6. The molecule has 0 spiro atoms. The monoisotopic (exact) mass is 442 g/mol. The largest absolute Gasteiger partial charge is 0.493 e. The lowest BCUT2D eigenvalue weighted by Gasteiger charge is -2.59. The van der Waals surface area contributed by atoms with Crippen molar-refractivity contribution in [1.29, 1.82) is 0 Å². The van der Waals surface area contributed by atoms with Crippen molar-refractivity contribution in [3.63, 3.8) is 0 Å². The maximum Gasteiger partial charge on any atom is 0.336 e. The predicted molar refractivity (Wildman–Crippen MR) is 124 cm³/mol. The Balaban J connectivity index is 1.71. The maximum absolute atomic E-state index is 11.8. The molecular formula is C26H34O6. The van der Waals surface area contributed by atoms with E-state index in [-0.39, 0.29) is 22.9 Å². The molecule has 0 amide bonds. The Hall–Kier alpha value is -2.47. The Bertz CT molecular complexity index is 1080. The summed E-state index contributed by atoms with van der Waals surface area (Å²) in [7, 11) is 3.10. The second-order valence-corrected chi connectivity index (χ2v) is 10.1. The van der Waals surface area contributed by atoms with Crippen LogP contribution in [0.3, 0.4) is 0 Å². The van der Waals surface area contributed by atoms with Crippen LogP contribution in [0.5, 0.6) is 17.2 Å². The number of methoxy groups -OCH3 is 2. The van der Waals surface area contributed by atoms with Gasteiger partial charge in [0, 0.05) is 17.4 Å². The molecule has 2 fully saturated rings. The summed E-state index contributed by atoms with van der Waals surface area (Å²) in [5.74, 6) is 1.79. The van der Waals surface area contributed by atoms with E-state index in [9.17, 15) is 9.90 Å². The van der Waals surface area contributed by atoms with Crippen molar-refractivity contribution in [2.24, 2.45) is 22.7 Å². The van der Waals surface area contributed by atoms with Gasteiger partial charge in [-0.25, -0.2) is 4.79 Å². The van der Waals surface area contributed by atoms with E-state index in [0.717, 1.165) is 25.7 Å². The van der Waals surface area contributed by atoms with E-state index in [0.29, 0.717) is 40.7 Å². The molecule has 0 bridgehead atoms. The molecular weight excluding hydrogens is 408 g/mol. The standard InChI is InChI=1S/C26H34O6/c1-15-7-9-19-25(2,3)20(27)11-12-26(19,4)17(15)14-31-23-18(29-5)13-16-8-10-21(28)32-22(16)24(23)30-6/h8,10,13,17,19-20,27H,1,7,9,11-12,14H2,2-6H3/t17-,19+,20-,26-/m0/s1. The summed E-state index contributed by atoms with van der Waals surface area (Å²) in [6.45, 7) is 11.5. The van der Waals surface area contributed by atoms with Crippen molar-refractivity contribution >= 4 is 11.0 Å². The van der Waals surface area contributed by atoms with Crippen LogP contribution in [-0.4, -0.2) is 32.0 Å². The van der Waals surface area contributed by atoms with Gasteiger partial charge in [-0.15, -0.1) is 0 Å². The van der Waals surface area contributed by atoms with Gasteiger partial charge in [0.25, 0.3) is 0 Å². The summed E-state index contributed by atoms with van der Waals surface area (Å²) in [4.78, 5) is 11.8. The van der Waals surface area contributed by atoms with Crippen molar-refractivity contribution in [2.45, 2.75) is 52.6 Å². The average molecular weight is 443 g/mol. The van der Waals surface area contributed by atoms with Crippen LogP contribution >= 0.6 is 0 Å². The Morgan fingerprint density at radius 3 is 2.59 bits per heavy atom. The number of fused-ring (bicyclic) bond motifs is 2. The maximum atomic E-state index is 11.8. The summed E-state index contributed by atoms with van der Waals surface area (Å²) >= 11 is 0. The van der Waals surface area contributed by atoms with Gasteiger partial charge in [-0.05, 0) is 54.6 Å². The third-order valence-corrected chi connectivity index (χ3v) is 8.16. The summed E-state index contributed by atoms with van der Waals surface area (Å²) in [6.07, 6.45) is 3.36. The van der Waals surface area contributed by atoms with Gasteiger partial charge in [-0.3, -0.25) is 0 Å². The summed E-state index contributed by atoms with van der Waals surface area (Å²) < 4.78 is 23.0. The zero-order chi connectivity index (χ0) is 23.3. The highest BCUT2D eigenvalue weighted by Crippen LogP contribution is 2.61. The molecule has 4 rings (SSSR count). The topological polar surface area (TPSA) is 78.1 Å². The number of aliphatic hydroxyl groups excluding tert-OH is 1. The SMILES string of the molecule is C=C1CC[C@@H]2C(C)(C)[C@@H](O)CC[C@@]2(C)[C@H]1COc1c(OC)cc2ccc(=O)oc2c1OC. The Kier molecular flexibility index (Phi) is 5.78. The lowest BCUT2D eigenvalue weighted by Crippen LogP contribution is -2.55. The first-order chi connectivity index (χ1) is 15.1. The van der Waals surface area contributed by atoms with E-state index in [1.165, 1.54) is 18.7 Å². The van der Waals surface area contributed by atoms with Crippen LogP contribution < -0.4 is 19.8 Å². The molecule has 6 heteroatoms. The first-order valence-electron chi connectivity index (χ1n) is 11.3. The first kappa shape index (κ1) is 22.7.